The van der Waals surface area contributed by atoms with Crippen molar-refractivity contribution in [1.29, 1.82) is 0 Å². The molecule has 0 spiro atoms. The van der Waals surface area contributed by atoms with Gasteiger partial charge >= 0.3 is 6.39 Å². The van der Waals surface area contributed by atoms with Crippen LogP contribution in [0.4, 0.5) is 0 Å². The summed E-state index contributed by atoms with van der Waals surface area (Å²) in [5.41, 5.74) is 3.94. The lowest BCUT2D eigenvalue weighted by Gasteiger charge is -2.01. The molecule has 7 heteroatoms. The van der Waals surface area contributed by atoms with Gasteiger partial charge in [-0.3, -0.25) is 4.55 Å². The summed E-state index contributed by atoms with van der Waals surface area (Å²) in [5, 5.41) is 0. The number of hydrogen-bond donors (Lipinski definition) is 1. The lowest BCUT2D eigenvalue weighted by molar-refractivity contribution is -0.676. The lowest BCUT2D eigenvalue weighted by Crippen LogP contribution is -2.31. The molecule has 0 fully saturated rings. The van der Waals surface area contributed by atoms with Crippen LogP contribution in [0.25, 0.3) is 22.2 Å². The molecule has 0 unspecified atom stereocenters. The van der Waals surface area contributed by atoms with E-state index in [4.69, 9.17) is 8.97 Å². The third kappa shape index (κ3) is 4.23. The van der Waals surface area contributed by atoms with Crippen LogP contribution in [0.1, 0.15) is 12.8 Å². The third-order valence-electron chi connectivity index (χ3n) is 3.80. The molecule has 0 aliphatic heterocycles. The van der Waals surface area contributed by atoms with Crippen LogP contribution in [0.2, 0.25) is 0 Å². The normalized spacial score (nSPS) is 11.9. The number of aryl methyl sites for hydroxylation is 1. The minimum atomic E-state index is -3.89. The van der Waals surface area contributed by atoms with Gasteiger partial charge in [-0.15, -0.1) is 0 Å². The van der Waals surface area contributed by atoms with E-state index in [2.05, 4.69) is 22.0 Å². The highest BCUT2D eigenvalue weighted by Gasteiger charge is 2.15. The molecule has 3 rings (SSSR count). The van der Waals surface area contributed by atoms with E-state index in [0.717, 1.165) is 26.7 Å². The fourth-order valence-corrected chi connectivity index (χ4v) is 3.41. The van der Waals surface area contributed by atoms with E-state index in [1.165, 1.54) is 0 Å². The molecule has 1 aromatic heterocycles. The Morgan fingerprint density at radius 3 is 2.46 bits per heavy atom. The van der Waals surface area contributed by atoms with Crippen molar-refractivity contribution in [2.45, 2.75) is 19.4 Å². The minimum Gasteiger partial charge on any atom is -0.404 e. The molecule has 3 aromatic rings. The number of oxazole rings is 1. The summed E-state index contributed by atoms with van der Waals surface area (Å²) in [4.78, 5) is 0. The van der Waals surface area contributed by atoms with Gasteiger partial charge in [0.15, 0.2) is 6.54 Å². The number of rotatable bonds is 6. The van der Waals surface area contributed by atoms with Crippen LogP contribution in [0.15, 0.2) is 57.7 Å². The summed E-state index contributed by atoms with van der Waals surface area (Å²) in [6.07, 6.45) is 2.69. The van der Waals surface area contributed by atoms with Gasteiger partial charge in [0.2, 0.25) is 5.58 Å². The van der Waals surface area contributed by atoms with E-state index in [9.17, 15) is 8.42 Å². The number of benzene rings is 2. The Kier molecular flexibility index (Phi) is 5.03. The molecule has 5 nitrogen and oxygen atoms in total. The molecule has 0 saturated carbocycles. The fraction of sp³-hybridized carbons (Fsp3) is 0.235. The Morgan fingerprint density at radius 2 is 1.75 bits per heavy atom. The Labute approximate surface area is 148 Å². The van der Waals surface area contributed by atoms with Crippen molar-refractivity contribution in [3.05, 3.63) is 53.3 Å². The van der Waals surface area contributed by atoms with Gasteiger partial charge in [-0.1, -0.05) is 34.1 Å². The van der Waals surface area contributed by atoms with Gasteiger partial charge in [-0.25, -0.2) is 0 Å². The summed E-state index contributed by atoms with van der Waals surface area (Å²) in [7, 11) is -3.89. The Hall–Kier alpha value is -1.70. The number of unbranched alkanes of at least 4 members (excludes halogenated alkanes) is 1. The number of fused-ring (bicyclic) bond motifs is 1. The minimum absolute atomic E-state index is 0.215. The third-order valence-corrected chi connectivity index (χ3v) is 5.14. The maximum Gasteiger partial charge on any atom is 0.335 e. The largest absolute Gasteiger partial charge is 0.404 e. The molecule has 0 atom stereocenters. The molecule has 2 aromatic carbocycles. The average molecular weight is 411 g/mol. The van der Waals surface area contributed by atoms with Gasteiger partial charge in [0, 0.05) is 17.0 Å². The molecule has 0 aliphatic rings. The predicted molar refractivity (Wildman–Crippen MR) is 95.2 cm³/mol. The molecule has 1 heterocycles. The lowest BCUT2D eigenvalue weighted by atomic mass is 10.1. The van der Waals surface area contributed by atoms with Crippen molar-refractivity contribution >= 4 is 37.1 Å². The zero-order valence-corrected chi connectivity index (χ0v) is 15.3. The highest BCUT2D eigenvalue weighted by molar-refractivity contribution is 9.10. The maximum absolute atomic E-state index is 10.8. The second kappa shape index (κ2) is 7.04. The van der Waals surface area contributed by atoms with Crippen LogP contribution in [-0.2, 0) is 16.7 Å². The number of hydrogen-bond acceptors (Lipinski definition) is 3. The zero-order valence-electron chi connectivity index (χ0n) is 12.9. The summed E-state index contributed by atoms with van der Waals surface area (Å²) >= 11 is 3.43. The van der Waals surface area contributed by atoms with E-state index < -0.39 is 10.1 Å². The van der Waals surface area contributed by atoms with Gasteiger partial charge < -0.3 is 4.42 Å². The molecular weight excluding hydrogens is 394 g/mol. The summed E-state index contributed by atoms with van der Waals surface area (Å²) in [6.45, 7) is 0.631. The molecule has 0 bridgehead atoms. The van der Waals surface area contributed by atoms with Crippen molar-refractivity contribution in [2.75, 3.05) is 5.75 Å². The summed E-state index contributed by atoms with van der Waals surface area (Å²) in [5.74, 6) is -0.215. The Balaban J connectivity index is 1.80. The van der Waals surface area contributed by atoms with Gasteiger partial charge in [-0.05, 0) is 35.7 Å². The van der Waals surface area contributed by atoms with Gasteiger partial charge in [-0.2, -0.15) is 13.0 Å². The van der Waals surface area contributed by atoms with Crippen molar-refractivity contribution < 1.29 is 22.0 Å². The standard InChI is InChI=1S/C17H16BrNO4S/c18-15-6-3-13(4-7-15)14-5-8-17-16(11-14)19(12-23-17)9-1-2-10-24(20,21)22/h3-8,11-12H,1-2,9-10H2/p+1. The van der Waals surface area contributed by atoms with E-state index in [-0.39, 0.29) is 5.75 Å². The van der Waals surface area contributed by atoms with Gasteiger partial charge in [0.05, 0.1) is 5.75 Å². The van der Waals surface area contributed by atoms with Crippen molar-refractivity contribution in [1.82, 2.24) is 0 Å². The number of aromatic nitrogens is 1. The Morgan fingerprint density at radius 1 is 1.04 bits per heavy atom. The van der Waals surface area contributed by atoms with Crippen LogP contribution < -0.4 is 4.57 Å². The quantitative estimate of drug-likeness (QED) is 0.380. The first-order valence-electron chi connectivity index (χ1n) is 7.54. The summed E-state index contributed by atoms with van der Waals surface area (Å²) < 4.78 is 38.8. The first kappa shape index (κ1) is 17.1. The molecule has 1 N–H and O–H groups in total. The molecule has 0 saturated heterocycles. The number of halogens is 1. The average Bonchev–Trinajstić information content (AvgIpc) is 2.94. The first-order chi connectivity index (χ1) is 11.4. The monoisotopic (exact) mass is 410 g/mol. The highest BCUT2D eigenvalue weighted by atomic mass is 79.9. The van der Waals surface area contributed by atoms with E-state index >= 15 is 0 Å². The molecule has 24 heavy (non-hydrogen) atoms. The van der Waals surface area contributed by atoms with Crippen molar-refractivity contribution in [2.24, 2.45) is 0 Å². The topological polar surface area (TPSA) is 71.4 Å². The van der Waals surface area contributed by atoms with Crippen molar-refractivity contribution in [3.63, 3.8) is 0 Å². The van der Waals surface area contributed by atoms with Gasteiger partial charge in [0.25, 0.3) is 15.6 Å². The fourth-order valence-electron chi connectivity index (χ4n) is 2.58. The first-order valence-corrected chi connectivity index (χ1v) is 9.94. The van der Waals surface area contributed by atoms with Crippen LogP contribution in [0, 0.1) is 0 Å². The second-order valence-electron chi connectivity index (χ2n) is 5.60. The zero-order chi connectivity index (χ0) is 17.2. The molecule has 0 amide bonds. The molecule has 126 valence electrons. The van der Waals surface area contributed by atoms with Gasteiger partial charge in [0.1, 0.15) is 0 Å². The summed E-state index contributed by atoms with van der Waals surface area (Å²) in [6, 6.07) is 14.1. The van der Waals surface area contributed by atoms with Crippen LogP contribution in [0.3, 0.4) is 0 Å². The Bertz CT molecular complexity index is 948. The number of nitrogens with zero attached hydrogens (tertiary/aromatic N) is 1. The van der Waals surface area contributed by atoms with Crippen LogP contribution in [0.5, 0.6) is 0 Å². The van der Waals surface area contributed by atoms with E-state index in [1.807, 2.05) is 41.0 Å². The molecular formula is C17H17BrNO4S+. The highest BCUT2D eigenvalue weighted by Crippen LogP contribution is 2.24. The smallest absolute Gasteiger partial charge is 0.335 e. The van der Waals surface area contributed by atoms with E-state index in [0.29, 0.717) is 19.4 Å². The van der Waals surface area contributed by atoms with E-state index in [1.54, 1.807) is 6.39 Å². The van der Waals surface area contributed by atoms with Crippen LogP contribution >= 0.6 is 15.9 Å². The molecule has 0 aliphatic carbocycles. The van der Waals surface area contributed by atoms with Crippen LogP contribution in [-0.4, -0.2) is 18.7 Å². The maximum atomic E-state index is 10.8. The predicted octanol–water partition coefficient (Wildman–Crippen LogP) is 3.82. The SMILES string of the molecule is O=S(=O)(O)CCCC[n+]1coc2ccc(-c3ccc(Br)cc3)cc21. The van der Waals surface area contributed by atoms with Crippen molar-refractivity contribution in [3.8, 4) is 11.1 Å². The molecule has 0 radical (unpaired) electrons. The second-order valence-corrected chi connectivity index (χ2v) is 8.09.